The Morgan fingerprint density at radius 2 is 1.79 bits per heavy atom. The Bertz CT molecular complexity index is 1230. The monoisotopic (exact) mass is 562 g/mol. The molecule has 1 saturated carbocycles. The van der Waals surface area contributed by atoms with Crippen molar-refractivity contribution in [3.05, 3.63) is 71.7 Å². The van der Waals surface area contributed by atoms with E-state index in [1.807, 2.05) is 0 Å². The number of carbonyl (C=O) groups is 1. The minimum Gasteiger partial charge on any atom is -0.497 e. The standard InChI is InChI=1S/C28H35FN2O7S/c1-36-24-10-12-25(13-11-24)39(34,35)31(14-16-32)15-17-37-27-19-21(20-6-8-22(29)9-7-20)18-26(38-27)28(33)30-23-4-2-3-5-23/h6-13,18,21,23,27,32H,2-5,14-17,19H2,1H3,(H,30,33)/t21-,27+/m0/s1. The van der Waals surface area contributed by atoms with Crippen LogP contribution in [0.4, 0.5) is 4.39 Å². The summed E-state index contributed by atoms with van der Waals surface area (Å²) in [7, 11) is -2.41. The van der Waals surface area contributed by atoms with Crippen molar-refractivity contribution in [1.82, 2.24) is 9.62 Å². The number of benzene rings is 2. The summed E-state index contributed by atoms with van der Waals surface area (Å²) in [6.07, 6.45) is 5.24. The molecule has 4 rings (SSSR count). The van der Waals surface area contributed by atoms with Gasteiger partial charge in [-0.1, -0.05) is 25.0 Å². The van der Waals surface area contributed by atoms with Crippen molar-refractivity contribution in [3.63, 3.8) is 0 Å². The molecule has 0 radical (unpaired) electrons. The Balaban J connectivity index is 1.44. The highest BCUT2D eigenvalue weighted by Gasteiger charge is 2.31. The summed E-state index contributed by atoms with van der Waals surface area (Å²) in [6, 6.07) is 12.1. The number of aliphatic hydroxyl groups excluding tert-OH is 1. The molecule has 1 fully saturated rings. The van der Waals surface area contributed by atoms with Crippen molar-refractivity contribution in [2.24, 2.45) is 0 Å². The van der Waals surface area contributed by atoms with E-state index < -0.39 is 16.3 Å². The van der Waals surface area contributed by atoms with Gasteiger partial charge in [-0.25, -0.2) is 12.8 Å². The summed E-state index contributed by atoms with van der Waals surface area (Å²) < 4.78 is 57.9. The van der Waals surface area contributed by atoms with Crippen LogP contribution in [0.3, 0.4) is 0 Å². The Morgan fingerprint density at radius 1 is 1.10 bits per heavy atom. The van der Waals surface area contributed by atoms with Crippen molar-refractivity contribution in [2.75, 3.05) is 33.4 Å². The van der Waals surface area contributed by atoms with Crippen LogP contribution in [0.2, 0.25) is 0 Å². The Kier molecular flexibility index (Phi) is 9.95. The van der Waals surface area contributed by atoms with Crippen LogP contribution in [0, 0.1) is 5.82 Å². The van der Waals surface area contributed by atoms with Gasteiger partial charge in [0.15, 0.2) is 5.76 Å². The summed E-state index contributed by atoms with van der Waals surface area (Å²) in [4.78, 5) is 13.1. The van der Waals surface area contributed by atoms with Crippen molar-refractivity contribution < 1.29 is 36.9 Å². The van der Waals surface area contributed by atoms with Crippen molar-refractivity contribution in [3.8, 4) is 5.75 Å². The van der Waals surface area contributed by atoms with Crippen LogP contribution in [0.5, 0.6) is 5.75 Å². The van der Waals surface area contributed by atoms with E-state index in [1.165, 1.54) is 31.4 Å². The second kappa shape index (κ2) is 13.4. The molecule has 0 saturated heterocycles. The van der Waals surface area contributed by atoms with E-state index in [0.29, 0.717) is 12.2 Å². The maximum atomic E-state index is 13.5. The van der Waals surface area contributed by atoms with Crippen molar-refractivity contribution in [1.29, 1.82) is 0 Å². The van der Waals surface area contributed by atoms with Crippen LogP contribution in [0.25, 0.3) is 0 Å². The Hall–Kier alpha value is -2.99. The molecule has 2 aliphatic rings. The van der Waals surface area contributed by atoms with E-state index in [-0.39, 0.29) is 60.6 Å². The zero-order valence-electron chi connectivity index (χ0n) is 21.9. The normalized spacial score (nSPS) is 19.9. The van der Waals surface area contributed by atoms with Crippen LogP contribution >= 0.6 is 0 Å². The number of nitrogens with zero attached hydrogens (tertiary/aromatic N) is 1. The van der Waals surface area contributed by atoms with Gasteiger partial charge in [0, 0.05) is 31.5 Å². The molecule has 1 aliphatic heterocycles. The van der Waals surface area contributed by atoms with Gasteiger partial charge in [0.05, 0.1) is 25.2 Å². The zero-order chi connectivity index (χ0) is 27.8. The predicted molar refractivity (Wildman–Crippen MR) is 142 cm³/mol. The van der Waals surface area contributed by atoms with E-state index >= 15 is 0 Å². The van der Waals surface area contributed by atoms with Gasteiger partial charge in [-0.3, -0.25) is 4.79 Å². The molecule has 2 N–H and O–H groups in total. The van der Waals surface area contributed by atoms with Gasteiger partial charge in [0.1, 0.15) is 11.6 Å². The van der Waals surface area contributed by atoms with Gasteiger partial charge in [0.25, 0.3) is 5.91 Å². The highest BCUT2D eigenvalue weighted by molar-refractivity contribution is 7.89. The van der Waals surface area contributed by atoms with Crippen LogP contribution in [-0.2, 0) is 24.3 Å². The van der Waals surface area contributed by atoms with Gasteiger partial charge in [0.2, 0.25) is 16.3 Å². The van der Waals surface area contributed by atoms with Crippen LogP contribution < -0.4 is 10.1 Å². The fourth-order valence-electron chi connectivity index (χ4n) is 4.83. The largest absolute Gasteiger partial charge is 0.497 e. The molecule has 39 heavy (non-hydrogen) atoms. The number of hydrogen-bond acceptors (Lipinski definition) is 7. The molecule has 0 spiro atoms. The molecule has 1 aliphatic carbocycles. The third-order valence-electron chi connectivity index (χ3n) is 6.96. The van der Waals surface area contributed by atoms with Gasteiger partial charge >= 0.3 is 0 Å². The highest BCUT2D eigenvalue weighted by Crippen LogP contribution is 2.32. The number of rotatable bonds is 12. The number of sulfonamides is 1. The van der Waals surface area contributed by atoms with Gasteiger partial charge in [-0.2, -0.15) is 4.31 Å². The molecular weight excluding hydrogens is 527 g/mol. The molecule has 2 atom stereocenters. The van der Waals surface area contributed by atoms with Crippen molar-refractivity contribution in [2.45, 2.75) is 55.2 Å². The van der Waals surface area contributed by atoms with Gasteiger partial charge in [-0.15, -0.1) is 0 Å². The molecule has 1 amide bonds. The van der Waals surface area contributed by atoms with E-state index in [0.717, 1.165) is 35.6 Å². The average Bonchev–Trinajstić information content (AvgIpc) is 3.46. The molecule has 1 heterocycles. The minimum atomic E-state index is -3.90. The van der Waals surface area contributed by atoms with Gasteiger partial charge in [-0.05, 0) is 60.9 Å². The quantitative estimate of drug-likeness (QED) is 0.408. The number of halogens is 1. The summed E-state index contributed by atoms with van der Waals surface area (Å²) in [5, 5.41) is 12.5. The number of ether oxygens (including phenoxy) is 3. The number of aliphatic hydroxyl groups is 1. The molecule has 212 valence electrons. The van der Waals surface area contributed by atoms with E-state index in [9.17, 15) is 22.7 Å². The molecule has 11 heteroatoms. The fourth-order valence-corrected chi connectivity index (χ4v) is 6.25. The second-order valence-corrected chi connectivity index (χ2v) is 11.5. The maximum Gasteiger partial charge on any atom is 0.286 e. The average molecular weight is 563 g/mol. The van der Waals surface area contributed by atoms with Crippen molar-refractivity contribution >= 4 is 15.9 Å². The lowest BCUT2D eigenvalue weighted by atomic mass is 9.93. The van der Waals surface area contributed by atoms with E-state index in [1.54, 1.807) is 30.3 Å². The lowest BCUT2D eigenvalue weighted by molar-refractivity contribution is -0.146. The molecule has 0 unspecified atom stereocenters. The fraction of sp³-hybridized carbons (Fsp3) is 0.464. The number of amides is 1. The summed E-state index contributed by atoms with van der Waals surface area (Å²) in [5.74, 6) is -0.289. The molecular formula is C28H35FN2O7S. The smallest absolute Gasteiger partial charge is 0.286 e. The first-order chi connectivity index (χ1) is 18.8. The summed E-state index contributed by atoms with van der Waals surface area (Å²) in [5.41, 5.74) is 0.809. The molecule has 0 bridgehead atoms. The summed E-state index contributed by atoms with van der Waals surface area (Å²) >= 11 is 0. The minimum absolute atomic E-state index is 0.0340. The number of nitrogens with one attached hydrogen (secondary N) is 1. The SMILES string of the molecule is COc1ccc(S(=O)(=O)N(CCO)CCO[C@H]2C[C@@H](c3ccc(F)cc3)C=C(C(=O)NC3CCCC3)O2)cc1. The Morgan fingerprint density at radius 3 is 2.44 bits per heavy atom. The molecule has 0 aromatic heterocycles. The summed E-state index contributed by atoms with van der Waals surface area (Å²) in [6.45, 7) is -0.552. The Labute approximate surface area is 228 Å². The number of allylic oxidation sites excluding steroid dienone is 1. The van der Waals surface area contributed by atoms with Crippen LogP contribution in [-0.4, -0.2) is 69.5 Å². The number of hydrogen-bond donors (Lipinski definition) is 2. The second-order valence-electron chi connectivity index (χ2n) is 9.60. The predicted octanol–water partition coefficient (Wildman–Crippen LogP) is 3.31. The number of methoxy groups -OCH3 is 1. The van der Waals surface area contributed by atoms with Crippen LogP contribution in [0.15, 0.2) is 65.3 Å². The highest BCUT2D eigenvalue weighted by atomic mass is 32.2. The van der Waals surface area contributed by atoms with E-state index in [4.69, 9.17) is 14.2 Å². The molecule has 2 aromatic carbocycles. The third-order valence-corrected chi connectivity index (χ3v) is 8.87. The van der Waals surface area contributed by atoms with Gasteiger partial charge < -0.3 is 24.6 Å². The zero-order valence-corrected chi connectivity index (χ0v) is 22.7. The topological polar surface area (TPSA) is 114 Å². The molecule has 2 aromatic rings. The first kappa shape index (κ1) is 29.0. The van der Waals surface area contributed by atoms with Crippen LogP contribution in [0.1, 0.15) is 43.6 Å². The lowest BCUT2D eigenvalue weighted by Gasteiger charge is -2.30. The third kappa shape index (κ3) is 7.57. The van der Waals surface area contributed by atoms with E-state index in [2.05, 4.69) is 5.32 Å². The first-order valence-electron chi connectivity index (χ1n) is 13.1. The first-order valence-corrected chi connectivity index (χ1v) is 14.6. The lowest BCUT2D eigenvalue weighted by Crippen LogP contribution is -2.39. The molecule has 9 nitrogen and oxygen atoms in total. The maximum absolute atomic E-state index is 13.5. The number of carbonyl (C=O) groups excluding carboxylic acids is 1.